The number of carbonyl (C=O) groups excluding carboxylic acids is 3. The van der Waals surface area contributed by atoms with Crippen LogP contribution < -0.4 is 10.6 Å². The highest BCUT2D eigenvalue weighted by Gasteiger charge is 2.40. The third kappa shape index (κ3) is 11.9. The van der Waals surface area contributed by atoms with Crippen LogP contribution in [-0.4, -0.2) is 59.1 Å². The number of rotatable bonds is 7. The lowest BCUT2D eigenvalue weighted by Crippen LogP contribution is -2.38. The van der Waals surface area contributed by atoms with Crippen LogP contribution in [0.25, 0.3) is 0 Å². The van der Waals surface area contributed by atoms with Crippen LogP contribution in [0, 0.1) is 23.7 Å². The minimum Gasteiger partial charge on any atom is -0.481 e. The minimum atomic E-state index is -0.768. The predicted molar refractivity (Wildman–Crippen MR) is 144 cm³/mol. The van der Waals surface area contributed by atoms with E-state index < -0.39 is 29.4 Å². The summed E-state index contributed by atoms with van der Waals surface area (Å²) in [5.41, 5.74) is -1.04. The molecule has 0 bridgehead atoms. The van der Waals surface area contributed by atoms with Crippen LogP contribution in [0.5, 0.6) is 0 Å². The van der Waals surface area contributed by atoms with Gasteiger partial charge in [-0.05, 0) is 86.0 Å². The molecular formula is C28H50N2O8. The first kappa shape index (κ1) is 33.5. The van der Waals surface area contributed by atoms with Crippen LogP contribution in [0.1, 0.15) is 101 Å². The number of alkyl carbamates (subject to hydrolysis) is 2. The first-order valence-electron chi connectivity index (χ1n) is 13.9. The molecule has 0 aliphatic heterocycles. The van der Waals surface area contributed by atoms with E-state index in [1.807, 2.05) is 34.6 Å². The van der Waals surface area contributed by atoms with Gasteiger partial charge in [-0.15, -0.1) is 0 Å². The summed E-state index contributed by atoms with van der Waals surface area (Å²) in [6, 6.07) is -0.102. The van der Waals surface area contributed by atoms with E-state index in [9.17, 15) is 19.2 Å². The van der Waals surface area contributed by atoms with Gasteiger partial charge in [-0.1, -0.05) is 26.7 Å². The number of amides is 2. The average molecular weight is 543 g/mol. The van der Waals surface area contributed by atoms with Gasteiger partial charge in [-0.25, -0.2) is 9.59 Å². The molecular weight excluding hydrogens is 492 g/mol. The van der Waals surface area contributed by atoms with E-state index in [0.29, 0.717) is 25.9 Å². The Bertz CT molecular complexity index is 802. The van der Waals surface area contributed by atoms with Crippen molar-refractivity contribution in [1.82, 2.24) is 10.6 Å². The molecule has 0 spiro atoms. The molecule has 0 radical (unpaired) electrons. The van der Waals surface area contributed by atoms with Gasteiger partial charge in [0.15, 0.2) is 0 Å². The van der Waals surface area contributed by atoms with Crippen molar-refractivity contribution >= 4 is 24.1 Å². The normalized spacial score (nSPS) is 27.0. The average Bonchev–Trinajstić information content (AvgIpc) is 3.35. The van der Waals surface area contributed by atoms with Crippen molar-refractivity contribution in [3.8, 4) is 0 Å². The van der Waals surface area contributed by atoms with Crippen LogP contribution in [0.2, 0.25) is 0 Å². The first-order chi connectivity index (χ1) is 17.5. The van der Waals surface area contributed by atoms with E-state index in [1.54, 1.807) is 20.8 Å². The molecule has 10 heteroatoms. The Morgan fingerprint density at radius 3 is 1.42 bits per heavy atom. The molecule has 0 saturated heterocycles. The third-order valence-electron chi connectivity index (χ3n) is 6.79. The van der Waals surface area contributed by atoms with Crippen LogP contribution in [0.15, 0.2) is 0 Å². The molecule has 2 fully saturated rings. The van der Waals surface area contributed by atoms with Gasteiger partial charge in [-0.2, -0.15) is 0 Å². The topological polar surface area (TPSA) is 140 Å². The zero-order chi connectivity index (χ0) is 29.3. The van der Waals surface area contributed by atoms with Gasteiger partial charge in [0, 0.05) is 12.1 Å². The summed E-state index contributed by atoms with van der Waals surface area (Å²) in [7, 11) is 0. The number of carbonyl (C=O) groups is 4. The molecule has 2 aliphatic rings. The highest BCUT2D eigenvalue weighted by atomic mass is 16.6. The van der Waals surface area contributed by atoms with Crippen molar-refractivity contribution in [3.63, 3.8) is 0 Å². The summed E-state index contributed by atoms with van der Waals surface area (Å²) in [6.07, 6.45) is 3.50. The zero-order valence-corrected chi connectivity index (χ0v) is 24.7. The van der Waals surface area contributed by atoms with Crippen LogP contribution in [0.3, 0.4) is 0 Å². The Labute approximate surface area is 227 Å². The van der Waals surface area contributed by atoms with Crippen molar-refractivity contribution < 1.29 is 38.5 Å². The lowest BCUT2D eigenvalue weighted by atomic mass is 9.94. The number of carboxylic acid groups (broad SMARTS) is 1. The van der Waals surface area contributed by atoms with Crippen LogP contribution in [0.4, 0.5) is 9.59 Å². The Balaban J connectivity index is 0.000000382. The smallest absolute Gasteiger partial charge is 0.407 e. The van der Waals surface area contributed by atoms with E-state index in [0.717, 1.165) is 19.3 Å². The van der Waals surface area contributed by atoms with Gasteiger partial charge in [0.1, 0.15) is 11.2 Å². The van der Waals surface area contributed by atoms with E-state index in [2.05, 4.69) is 17.6 Å². The van der Waals surface area contributed by atoms with Crippen LogP contribution >= 0.6 is 0 Å². The summed E-state index contributed by atoms with van der Waals surface area (Å²) in [4.78, 5) is 46.4. The van der Waals surface area contributed by atoms with E-state index in [4.69, 9.17) is 19.3 Å². The molecule has 0 aromatic carbocycles. The van der Waals surface area contributed by atoms with Gasteiger partial charge in [-0.3, -0.25) is 9.59 Å². The Kier molecular flexibility index (Phi) is 12.9. The van der Waals surface area contributed by atoms with Gasteiger partial charge in [0.05, 0.1) is 18.4 Å². The standard InChI is InChI=1S/C15H27NO4.C13H23NO4/c1-6-10-8-11(9-12(10)13(17)19-7-2)16-14(18)20-15(3,4)5;1-5-8-6-9(7-10(8)11(15)16)14-12(17)18-13(2,3)4/h10-12H,6-9H2,1-5H3,(H,16,18);8-10H,5-7H2,1-4H3,(H,14,17)(H,15,16). The molecule has 220 valence electrons. The lowest BCUT2D eigenvalue weighted by molar-refractivity contribution is -0.149. The Morgan fingerprint density at radius 2 is 1.11 bits per heavy atom. The Morgan fingerprint density at radius 1 is 0.711 bits per heavy atom. The fourth-order valence-corrected chi connectivity index (χ4v) is 5.18. The molecule has 2 saturated carbocycles. The van der Waals surface area contributed by atoms with E-state index >= 15 is 0 Å². The third-order valence-corrected chi connectivity index (χ3v) is 6.79. The highest BCUT2D eigenvalue weighted by Crippen LogP contribution is 2.36. The Hall–Kier alpha value is -2.52. The molecule has 3 N–H and O–H groups in total. The van der Waals surface area contributed by atoms with Gasteiger partial charge >= 0.3 is 24.1 Å². The van der Waals surface area contributed by atoms with Gasteiger partial charge in [0.2, 0.25) is 0 Å². The number of hydrogen-bond donors (Lipinski definition) is 3. The lowest BCUT2D eigenvalue weighted by Gasteiger charge is -2.21. The van der Waals surface area contributed by atoms with Gasteiger partial charge in [0.25, 0.3) is 0 Å². The second kappa shape index (κ2) is 14.6. The molecule has 2 rings (SSSR count). The monoisotopic (exact) mass is 542 g/mol. The number of aliphatic carboxylic acids is 1. The second-order valence-corrected chi connectivity index (χ2v) is 12.3. The highest BCUT2D eigenvalue weighted by molar-refractivity contribution is 5.74. The summed E-state index contributed by atoms with van der Waals surface area (Å²) in [5, 5.41) is 14.7. The molecule has 0 aromatic heterocycles. The number of ether oxygens (including phenoxy) is 3. The maximum atomic E-state index is 11.9. The molecule has 6 atom stereocenters. The largest absolute Gasteiger partial charge is 0.481 e. The molecule has 2 amide bonds. The van der Waals surface area contributed by atoms with E-state index in [-0.39, 0.29) is 41.7 Å². The molecule has 6 unspecified atom stereocenters. The van der Waals surface area contributed by atoms with Gasteiger partial charge < -0.3 is 30.0 Å². The van der Waals surface area contributed by atoms with Crippen LogP contribution in [-0.2, 0) is 23.8 Å². The van der Waals surface area contributed by atoms with Crippen molar-refractivity contribution in [3.05, 3.63) is 0 Å². The second-order valence-electron chi connectivity index (χ2n) is 12.3. The number of hydrogen-bond acceptors (Lipinski definition) is 7. The number of esters is 1. The zero-order valence-electron chi connectivity index (χ0n) is 24.7. The van der Waals surface area contributed by atoms with E-state index in [1.165, 1.54) is 0 Å². The number of carboxylic acids is 1. The molecule has 10 nitrogen and oxygen atoms in total. The summed E-state index contributed by atoms with van der Waals surface area (Å²) in [5.74, 6) is -0.963. The first-order valence-corrected chi connectivity index (χ1v) is 13.9. The summed E-state index contributed by atoms with van der Waals surface area (Å²) >= 11 is 0. The van der Waals surface area contributed by atoms with Crippen molar-refractivity contribution in [2.24, 2.45) is 23.7 Å². The molecule has 2 aliphatic carbocycles. The maximum Gasteiger partial charge on any atom is 0.407 e. The molecule has 0 heterocycles. The number of nitrogens with one attached hydrogen (secondary N) is 2. The fourth-order valence-electron chi connectivity index (χ4n) is 5.18. The van der Waals surface area contributed by atoms with Crippen molar-refractivity contribution in [2.75, 3.05) is 6.61 Å². The SMILES string of the molecule is CCC1CC(NC(=O)OC(C)(C)C)CC1C(=O)O.CCOC(=O)C1CC(NC(=O)OC(C)(C)C)CC1CC. The summed E-state index contributed by atoms with van der Waals surface area (Å²) in [6.45, 7) is 17.2. The fraction of sp³-hybridized carbons (Fsp3) is 0.857. The predicted octanol–water partition coefficient (Wildman–Crippen LogP) is 5.28. The molecule has 38 heavy (non-hydrogen) atoms. The summed E-state index contributed by atoms with van der Waals surface area (Å²) < 4.78 is 15.5. The minimum absolute atomic E-state index is 0.00999. The van der Waals surface area contributed by atoms with Crippen molar-refractivity contribution in [2.45, 2.75) is 124 Å². The maximum absolute atomic E-state index is 11.9. The quantitative estimate of drug-likeness (QED) is 0.292. The van der Waals surface area contributed by atoms with Crippen molar-refractivity contribution in [1.29, 1.82) is 0 Å². The molecule has 0 aromatic rings.